The minimum Gasteiger partial charge on any atom is -0.198 e. The second-order valence-electron chi connectivity index (χ2n) is 3.71. The van der Waals surface area contributed by atoms with E-state index in [1.807, 2.05) is 0 Å². The Balaban J connectivity index is 1.98. The molecule has 0 N–H and O–H groups in total. The summed E-state index contributed by atoms with van der Waals surface area (Å²) in [5, 5.41) is 8.76. The van der Waals surface area contributed by atoms with E-state index in [4.69, 9.17) is 5.26 Å². The molecule has 3 rings (SSSR count). The van der Waals surface area contributed by atoms with Gasteiger partial charge in [-0.1, -0.05) is 6.42 Å². The van der Waals surface area contributed by atoms with Gasteiger partial charge in [0, 0.05) is 0 Å². The molecule has 0 bridgehead atoms. The Bertz CT molecular complexity index is 192. The van der Waals surface area contributed by atoms with Gasteiger partial charge in [0.1, 0.15) is 0 Å². The molecule has 0 aromatic carbocycles. The molecule has 0 saturated heterocycles. The van der Waals surface area contributed by atoms with Crippen molar-refractivity contribution in [2.24, 2.45) is 23.2 Å². The summed E-state index contributed by atoms with van der Waals surface area (Å²) >= 11 is 0. The van der Waals surface area contributed by atoms with Crippen molar-refractivity contribution in [1.29, 1.82) is 5.26 Å². The highest BCUT2D eigenvalue weighted by Gasteiger charge is 2.87. The van der Waals surface area contributed by atoms with E-state index in [9.17, 15) is 0 Å². The lowest BCUT2D eigenvalue weighted by Gasteiger charge is -2.20. The van der Waals surface area contributed by atoms with Crippen LogP contribution in [0.25, 0.3) is 0 Å². The van der Waals surface area contributed by atoms with E-state index in [1.54, 1.807) is 0 Å². The third-order valence-electron chi connectivity index (χ3n) is 3.65. The van der Waals surface area contributed by atoms with Crippen LogP contribution in [0.3, 0.4) is 0 Å². The normalized spacial score (nSPS) is 65.9. The van der Waals surface area contributed by atoms with Gasteiger partial charge in [-0.15, -0.1) is 0 Å². The van der Waals surface area contributed by atoms with Gasteiger partial charge in [-0.25, -0.2) is 0 Å². The van der Waals surface area contributed by atoms with E-state index in [2.05, 4.69) is 6.07 Å². The first-order chi connectivity index (χ1) is 4.41. The minimum absolute atomic E-state index is 0.276. The lowest BCUT2D eigenvalue weighted by atomic mass is 9.83. The van der Waals surface area contributed by atoms with Crippen molar-refractivity contribution in [3.8, 4) is 6.07 Å². The lowest BCUT2D eigenvalue weighted by Crippen LogP contribution is -2.13. The van der Waals surface area contributed by atoms with Gasteiger partial charge >= 0.3 is 0 Å². The Labute approximate surface area is 54.7 Å². The van der Waals surface area contributed by atoms with Gasteiger partial charge in [0.15, 0.2) is 0 Å². The largest absolute Gasteiger partial charge is 0.198 e. The third kappa shape index (κ3) is 0.243. The van der Waals surface area contributed by atoms with Crippen LogP contribution in [-0.4, -0.2) is 0 Å². The quantitative estimate of drug-likeness (QED) is 0.474. The van der Waals surface area contributed by atoms with Crippen LogP contribution in [0.2, 0.25) is 0 Å². The van der Waals surface area contributed by atoms with E-state index < -0.39 is 0 Å². The molecule has 0 aliphatic heterocycles. The van der Waals surface area contributed by atoms with Crippen molar-refractivity contribution in [2.45, 2.75) is 19.3 Å². The molecule has 3 aliphatic carbocycles. The van der Waals surface area contributed by atoms with Crippen LogP contribution in [0.15, 0.2) is 0 Å². The van der Waals surface area contributed by atoms with Crippen LogP contribution in [0.4, 0.5) is 0 Å². The fourth-order valence-electron chi connectivity index (χ4n) is 3.10. The molecule has 0 aromatic heterocycles. The minimum atomic E-state index is 0.276. The highest BCUT2D eigenvalue weighted by molar-refractivity contribution is 5.41. The number of hydrogen-bond donors (Lipinski definition) is 0. The SMILES string of the molecule is N#CC12C3CCCC1C32. The molecule has 0 radical (unpaired) electrons. The average Bonchev–Trinajstić information content (AvgIpc) is 2.76. The molecule has 0 aromatic rings. The summed E-state index contributed by atoms with van der Waals surface area (Å²) in [6.07, 6.45) is 4.11. The summed E-state index contributed by atoms with van der Waals surface area (Å²) in [5.41, 5.74) is 0.276. The zero-order valence-electron chi connectivity index (χ0n) is 5.30. The second kappa shape index (κ2) is 0.923. The molecule has 0 spiro atoms. The van der Waals surface area contributed by atoms with Crippen molar-refractivity contribution >= 4 is 0 Å². The maximum absolute atomic E-state index is 8.76. The molecular formula is C8H9N. The van der Waals surface area contributed by atoms with Gasteiger partial charge in [0.2, 0.25) is 0 Å². The van der Waals surface area contributed by atoms with E-state index in [-0.39, 0.29) is 5.41 Å². The van der Waals surface area contributed by atoms with E-state index in [0.717, 1.165) is 17.8 Å². The molecule has 46 valence electrons. The van der Waals surface area contributed by atoms with Crippen LogP contribution in [-0.2, 0) is 0 Å². The molecule has 0 amide bonds. The van der Waals surface area contributed by atoms with E-state index in [1.165, 1.54) is 19.3 Å². The van der Waals surface area contributed by atoms with Crippen molar-refractivity contribution in [3.63, 3.8) is 0 Å². The molecule has 2 unspecified atom stereocenters. The first-order valence-corrected chi connectivity index (χ1v) is 3.82. The third-order valence-corrected chi connectivity index (χ3v) is 3.65. The monoisotopic (exact) mass is 119 g/mol. The lowest BCUT2D eigenvalue weighted by molar-refractivity contribution is 0.306. The molecule has 3 aliphatic rings. The number of rotatable bonds is 0. The fourth-order valence-corrected chi connectivity index (χ4v) is 3.10. The smallest absolute Gasteiger partial charge is 0.0699 e. The Morgan fingerprint density at radius 3 is 2.33 bits per heavy atom. The fraction of sp³-hybridized carbons (Fsp3) is 0.875. The number of fused-ring (bicyclic) bond motifs is 2. The Kier molecular flexibility index (Phi) is 0.444. The van der Waals surface area contributed by atoms with Gasteiger partial charge < -0.3 is 0 Å². The summed E-state index contributed by atoms with van der Waals surface area (Å²) in [6, 6.07) is 2.49. The molecule has 3 fully saturated rings. The molecule has 0 heterocycles. The number of nitriles is 1. The summed E-state index contributed by atoms with van der Waals surface area (Å²) in [5.74, 6) is 2.61. The van der Waals surface area contributed by atoms with Crippen molar-refractivity contribution in [3.05, 3.63) is 0 Å². The number of hydrogen-bond acceptors (Lipinski definition) is 1. The molecule has 1 heteroatoms. The molecule has 2 atom stereocenters. The molecular weight excluding hydrogens is 110 g/mol. The van der Waals surface area contributed by atoms with Crippen LogP contribution >= 0.6 is 0 Å². The molecule has 3 saturated carbocycles. The molecule has 9 heavy (non-hydrogen) atoms. The maximum atomic E-state index is 8.76. The van der Waals surface area contributed by atoms with Crippen LogP contribution in [0, 0.1) is 34.5 Å². The van der Waals surface area contributed by atoms with Gasteiger partial charge in [0.25, 0.3) is 0 Å². The van der Waals surface area contributed by atoms with Gasteiger partial charge in [-0.05, 0) is 30.6 Å². The second-order valence-corrected chi connectivity index (χ2v) is 3.71. The highest BCUT2D eigenvalue weighted by atomic mass is 14.9. The van der Waals surface area contributed by atoms with Crippen LogP contribution in [0.5, 0.6) is 0 Å². The first kappa shape index (κ1) is 4.33. The Morgan fingerprint density at radius 1 is 1.33 bits per heavy atom. The molecule has 1 nitrogen and oxygen atoms in total. The summed E-state index contributed by atoms with van der Waals surface area (Å²) < 4.78 is 0. The van der Waals surface area contributed by atoms with E-state index in [0.29, 0.717) is 0 Å². The van der Waals surface area contributed by atoms with Crippen LogP contribution in [0.1, 0.15) is 19.3 Å². The summed E-state index contributed by atoms with van der Waals surface area (Å²) in [6.45, 7) is 0. The topological polar surface area (TPSA) is 23.8 Å². The average molecular weight is 119 g/mol. The maximum Gasteiger partial charge on any atom is 0.0699 e. The standard InChI is InChI=1S/C8H9N/c9-4-8-5-2-1-3-6(8)7(5)8/h5-7H,1-3H2. The number of nitrogens with zero attached hydrogens (tertiary/aromatic N) is 1. The zero-order valence-corrected chi connectivity index (χ0v) is 5.30. The van der Waals surface area contributed by atoms with Gasteiger partial charge in [-0.2, -0.15) is 5.26 Å². The van der Waals surface area contributed by atoms with Crippen molar-refractivity contribution in [1.82, 2.24) is 0 Å². The summed E-state index contributed by atoms with van der Waals surface area (Å²) in [4.78, 5) is 0. The van der Waals surface area contributed by atoms with Gasteiger partial charge in [-0.3, -0.25) is 0 Å². The van der Waals surface area contributed by atoms with E-state index >= 15 is 0 Å². The first-order valence-electron chi connectivity index (χ1n) is 3.82. The zero-order chi connectivity index (χ0) is 6.06. The Hall–Kier alpha value is -0.510. The van der Waals surface area contributed by atoms with Gasteiger partial charge in [0.05, 0.1) is 11.5 Å². The van der Waals surface area contributed by atoms with Crippen molar-refractivity contribution in [2.75, 3.05) is 0 Å². The predicted molar refractivity (Wildman–Crippen MR) is 32.4 cm³/mol. The predicted octanol–water partition coefficient (Wildman–Crippen LogP) is 1.56. The summed E-state index contributed by atoms with van der Waals surface area (Å²) in [7, 11) is 0. The van der Waals surface area contributed by atoms with Crippen LogP contribution < -0.4 is 0 Å². The van der Waals surface area contributed by atoms with Crippen molar-refractivity contribution < 1.29 is 0 Å². The highest BCUT2D eigenvalue weighted by Crippen LogP contribution is 2.88. The Morgan fingerprint density at radius 2 is 2.00 bits per heavy atom.